The highest BCUT2D eigenvalue weighted by Crippen LogP contribution is 2.36. The largest absolute Gasteiger partial charge is 0.330 e. The van der Waals surface area contributed by atoms with Crippen LogP contribution in [0.25, 0.3) is 0 Å². The van der Waals surface area contributed by atoms with Gasteiger partial charge in [0.25, 0.3) is 0 Å². The van der Waals surface area contributed by atoms with Crippen molar-refractivity contribution in [2.75, 3.05) is 6.54 Å². The summed E-state index contributed by atoms with van der Waals surface area (Å²) >= 11 is 0. The molecule has 1 aromatic carbocycles. The Morgan fingerprint density at radius 1 is 1.44 bits per heavy atom. The minimum Gasteiger partial charge on any atom is -0.330 e. The number of benzene rings is 1. The van der Waals surface area contributed by atoms with Gasteiger partial charge in [-0.25, -0.2) is 0 Å². The molecule has 0 aromatic heterocycles. The molecule has 98 valence electrons. The van der Waals surface area contributed by atoms with Crippen molar-refractivity contribution in [1.29, 1.82) is 0 Å². The number of hydrogen-bond acceptors (Lipinski definition) is 2. The molecule has 0 heterocycles. The molecule has 1 aliphatic carbocycles. The number of nitrogens with two attached hydrogens (primary N) is 1. The predicted molar refractivity (Wildman–Crippen MR) is 74.8 cm³/mol. The van der Waals surface area contributed by atoms with E-state index in [1.54, 1.807) is 0 Å². The Morgan fingerprint density at radius 3 is 2.83 bits per heavy atom. The molecule has 18 heavy (non-hydrogen) atoms. The van der Waals surface area contributed by atoms with Crippen molar-refractivity contribution >= 4 is 5.78 Å². The zero-order valence-corrected chi connectivity index (χ0v) is 11.2. The van der Waals surface area contributed by atoms with Crippen LogP contribution in [0.4, 0.5) is 0 Å². The molecule has 0 aliphatic heterocycles. The molecule has 2 N–H and O–H groups in total. The molecule has 2 rings (SSSR count). The smallest absolute Gasteiger partial charge is 0.165 e. The fraction of sp³-hybridized carbons (Fsp3) is 0.562. The van der Waals surface area contributed by atoms with Crippen LogP contribution in [0.1, 0.15) is 60.9 Å². The van der Waals surface area contributed by atoms with Gasteiger partial charge in [-0.15, -0.1) is 0 Å². The molecule has 0 bridgehead atoms. The standard InChI is InChI=1S/C16H23NO/c1-12(5-4-10-17)16(18)15-9-3-8-14(11-15)13-6-2-7-13/h3,8-9,11-13H,2,4-7,10,17H2,1H3. The zero-order chi connectivity index (χ0) is 13.0. The number of Topliss-reactive ketones (excluding diaryl/α,β-unsaturated/α-hetero) is 1. The molecule has 1 aliphatic rings. The first kappa shape index (κ1) is 13.3. The average Bonchev–Trinajstić information content (AvgIpc) is 2.33. The molecule has 0 saturated heterocycles. The first-order chi connectivity index (χ1) is 8.72. The molecular formula is C16H23NO. The molecular weight excluding hydrogens is 222 g/mol. The minimum absolute atomic E-state index is 0.0881. The van der Waals surface area contributed by atoms with Gasteiger partial charge in [-0.3, -0.25) is 4.79 Å². The Kier molecular flexibility index (Phi) is 4.54. The highest BCUT2D eigenvalue weighted by atomic mass is 16.1. The lowest BCUT2D eigenvalue weighted by atomic mass is 9.79. The molecule has 2 heteroatoms. The van der Waals surface area contributed by atoms with Crippen molar-refractivity contribution in [1.82, 2.24) is 0 Å². The second kappa shape index (κ2) is 6.14. The van der Waals surface area contributed by atoms with Gasteiger partial charge in [-0.05, 0) is 49.8 Å². The van der Waals surface area contributed by atoms with Crippen molar-refractivity contribution in [2.24, 2.45) is 11.7 Å². The van der Waals surface area contributed by atoms with E-state index in [0.29, 0.717) is 12.5 Å². The second-order valence-electron chi connectivity index (χ2n) is 5.45. The first-order valence-corrected chi connectivity index (χ1v) is 7.06. The van der Waals surface area contributed by atoms with Gasteiger partial charge in [-0.1, -0.05) is 31.5 Å². The average molecular weight is 245 g/mol. The lowest BCUT2D eigenvalue weighted by Gasteiger charge is -2.26. The quantitative estimate of drug-likeness (QED) is 0.779. The summed E-state index contributed by atoms with van der Waals surface area (Å²) in [6.07, 6.45) is 5.70. The van der Waals surface area contributed by atoms with Gasteiger partial charge in [0.15, 0.2) is 5.78 Å². The number of hydrogen-bond donors (Lipinski definition) is 1. The molecule has 1 fully saturated rings. The maximum Gasteiger partial charge on any atom is 0.165 e. The Labute approximate surface area is 110 Å². The predicted octanol–water partition coefficient (Wildman–Crippen LogP) is 3.51. The Balaban J connectivity index is 2.05. The Morgan fingerprint density at radius 2 is 2.22 bits per heavy atom. The van der Waals surface area contributed by atoms with Crippen LogP contribution in [0.3, 0.4) is 0 Å². The lowest BCUT2D eigenvalue weighted by molar-refractivity contribution is 0.0923. The number of ketones is 1. The van der Waals surface area contributed by atoms with E-state index in [1.165, 1.54) is 24.8 Å². The summed E-state index contributed by atoms with van der Waals surface area (Å²) in [6, 6.07) is 8.23. The summed E-state index contributed by atoms with van der Waals surface area (Å²) in [5, 5.41) is 0. The van der Waals surface area contributed by atoms with Crippen molar-refractivity contribution in [3.63, 3.8) is 0 Å². The normalized spacial score (nSPS) is 17.2. The molecule has 1 aromatic rings. The summed E-state index contributed by atoms with van der Waals surface area (Å²) in [5.74, 6) is 1.05. The van der Waals surface area contributed by atoms with Gasteiger partial charge in [0.1, 0.15) is 0 Å². The number of rotatable bonds is 6. The maximum absolute atomic E-state index is 12.3. The van der Waals surface area contributed by atoms with Gasteiger partial charge in [0, 0.05) is 11.5 Å². The van der Waals surface area contributed by atoms with E-state index in [1.807, 2.05) is 19.1 Å². The van der Waals surface area contributed by atoms with Crippen LogP contribution < -0.4 is 5.73 Å². The third-order valence-electron chi connectivity index (χ3n) is 4.04. The van der Waals surface area contributed by atoms with Gasteiger partial charge < -0.3 is 5.73 Å². The monoisotopic (exact) mass is 245 g/mol. The maximum atomic E-state index is 12.3. The van der Waals surface area contributed by atoms with E-state index in [0.717, 1.165) is 18.4 Å². The lowest BCUT2D eigenvalue weighted by Crippen LogP contribution is -2.14. The molecule has 0 amide bonds. The fourth-order valence-corrected chi connectivity index (χ4v) is 2.53. The third kappa shape index (κ3) is 2.99. The summed E-state index contributed by atoms with van der Waals surface area (Å²) < 4.78 is 0. The fourth-order valence-electron chi connectivity index (χ4n) is 2.53. The summed E-state index contributed by atoms with van der Waals surface area (Å²) in [5.41, 5.74) is 7.72. The molecule has 2 nitrogen and oxygen atoms in total. The van der Waals surface area contributed by atoms with Crippen LogP contribution in [-0.4, -0.2) is 12.3 Å². The van der Waals surface area contributed by atoms with Gasteiger partial charge >= 0.3 is 0 Å². The van der Waals surface area contributed by atoms with E-state index in [9.17, 15) is 4.79 Å². The number of carbonyl (C=O) groups excluding carboxylic acids is 1. The Bertz CT molecular complexity index is 409. The van der Waals surface area contributed by atoms with E-state index >= 15 is 0 Å². The molecule has 1 unspecified atom stereocenters. The summed E-state index contributed by atoms with van der Waals surface area (Å²) in [6.45, 7) is 2.67. The van der Waals surface area contributed by atoms with Crippen molar-refractivity contribution in [3.05, 3.63) is 35.4 Å². The van der Waals surface area contributed by atoms with E-state index in [2.05, 4.69) is 12.1 Å². The van der Waals surface area contributed by atoms with Gasteiger partial charge in [-0.2, -0.15) is 0 Å². The molecule has 0 spiro atoms. The summed E-state index contributed by atoms with van der Waals surface area (Å²) in [7, 11) is 0. The SMILES string of the molecule is CC(CCCN)C(=O)c1cccc(C2CCC2)c1. The van der Waals surface area contributed by atoms with Crippen LogP contribution in [0.15, 0.2) is 24.3 Å². The van der Waals surface area contributed by atoms with Crippen molar-refractivity contribution in [3.8, 4) is 0 Å². The van der Waals surface area contributed by atoms with Crippen LogP contribution in [0.5, 0.6) is 0 Å². The van der Waals surface area contributed by atoms with Crippen LogP contribution in [0, 0.1) is 5.92 Å². The molecule has 0 radical (unpaired) electrons. The molecule has 1 atom stereocenters. The van der Waals surface area contributed by atoms with Gasteiger partial charge in [0.2, 0.25) is 0 Å². The Hall–Kier alpha value is -1.15. The van der Waals surface area contributed by atoms with Crippen molar-refractivity contribution in [2.45, 2.75) is 44.9 Å². The van der Waals surface area contributed by atoms with Crippen LogP contribution in [0.2, 0.25) is 0 Å². The highest BCUT2D eigenvalue weighted by Gasteiger charge is 2.21. The third-order valence-corrected chi connectivity index (χ3v) is 4.04. The second-order valence-corrected chi connectivity index (χ2v) is 5.45. The van der Waals surface area contributed by atoms with E-state index in [4.69, 9.17) is 5.73 Å². The van der Waals surface area contributed by atoms with Gasteiger partial charge in [0.05, 0.1) is 0 Å². The minimum atomic E-state index is 0.0881. The molecule has 1 saturated carbocycles. The van der Waals surface area contributed by atoms with E-state index in [-0.39, 0.29) is 11.7 Å². The summed E-state index contributed by atoms with van der Waals surface area (Å²) in [4.78, 5) is 12.3. The van der Waals surface area contributed by atoms with E-state index < -0.39 is 0 Å². The zero-order valence-electron chi connectivity index (χ0n) is 11.2. The first-order valence-electron chi connectivity index (χ1n) is 7.06. The van der Waals surface area contributed by atoms with Crippen LogP contribution >= 0.6 is 0 Å². The van der Waals surface area contributed by atoms with Crippen molar-refractivity contribution < 1.29 is 4.79 Å². The highest BCUT2D eigenvalue weighted by molar-refractivity contribution is 5.97. The number of carbonyl (C=O) groups is 1. The van der Waals surface area contributed by atoms with Crippen LogP contribution in [-0.2, 0) is 0 Å². The topological polar surface area (TPSA) is 43.1 Å².